The van der Waals surface area contributed by atoms with Crippen molar-refractivity contribution in [2.75, 3.05) is 13.7 Å². The topological polar surface area (TPSA) is 38.3 Å². The first-order valence-corrected chi connectivity index (χ1v) is 7.59. The number of hydrogen-bond donors (Lipinski definition) is 1. The summed E-state index contributed by atoms with van der Waals surface area (Å²) in [7, 11) is 1.43. The maximum Gasteiger partial charge on any atom is 0.310 e. The molecule has 4 heteroatoms. The maximum absolute atomic E-state index is 11.2. The van der Waals surface area contributed by atoms with Gasteiger partial charge < -0.3 is 10.1 Å². The van der Waals surface area contributed by atoms with Crippen molar-refractivity contribution in [2.45, 2.75) is 32.2 Å². The molecule has 1 aromatic rings. The molecule has 1 unspecified atom stereocenters. The van der Waals surface area contributed by atoms with E-state index in [1.807, 2.05) is 6.07 Å². The molecule has 0 spiro atoms. The number of carbonyl (C=O) groups is 1. The number of thiophene rings is 1. The van der Waals surface area contributed by atoms with Crippen molar-refractivity contribution < 1.29 is 9.53 Å². The molecule has 1 aromatic heterocycles. The quantitative estimate of drug-likeness (QED) is 0.643. The molecule has 0 saturated carbocycles. The van der Waals surface area contributed by atoms with Gasteiger partial charge in [-0.15, -0.1) is 11.3 Å². The third kappa shape index (κ3) is 4.80. The van der Waals surface area contributed by atoms with Crippen LogP contribution in [0.15, 0.2) is 24.3 Å². The van der Waals surface area contributed by atoms with Crippen molar-refractivity contribution in [1.82, 2.24) is 5.32 Å². The average Bonchev–Trinajstić information content (AvgIpc) is 2.87. The van der Waals surface area contributed by atoms with Gasteiger partial charge in [-0.1, -0.05) is 12.2 Å². The molecule has 0 bridgehead atoms. The number of hydrogen-bond acceptors (Lipinski definition) is 4. The first-order valence-electron chi connectivity index (χ1n) is 6.78. The van der Waals surface area contributed by atoms with E-state index in [1.165, 1.54) is 31.2 Å². The molecule has 0 saturated heterocycles. The molecule has 0 fully saturated rings. The third-order valence-corrected chi connectivity index (χ3v) is 4.46. The fourth-order valence-electron chi connectivity index (χ4n) is 2.27. The minimum atomic E-state index is -0.171. The van der Waals surface area contributed by atoms with Crippen LogP contribution in [0.1, 0.15) is 29.0 Å². The lowest BCUT2D eigenvalue weighted by molar-refractivity contribution is -0.139. The summed E-state index contributed by atoms with van der Waals surface area (Å²) < 4.78 is 4.67. The summed E-state index contributed by atoms with van der Waals surface area (Å²) in [5.74, 6) is 0.606. The molecule has 1 aliphatic rings. The molecule has 0 radical (unpaired) electrons. The molecule has 1 aliphatic carbocycles. The lowest BCUT2D eigenvalue weighted by Gasteiger charge is -2.17. The number of esters is 1. The van der Waals surface area contributed by atoms with Gasteiger partial charge in [0.25, 0.3) is 0 Å². The van der Waals surface area contributed by atoms with E-state index in [0.29, 0.717) is 6.42 Å². The second-order valence-corrected chi connectivity index (χ2v) is 6.16. The molecule has 0 aliphatic heterocycles. The van der Waals surface area contributed by atoms with Gasteiger partial charge in [0.2, 0.25) is 0 Å². The summed E-state index contributed by atoms with van der Waals surface area (Å²) in [6.07, 6.45) is 8.65. The van der Waals surface area contributed by atoms with Crippen LogP contribution in [0, 0.1) is 5.92 Å². The van der Waals surface area contributed by atoms with Crippen molar-refractivity contribution >= 4 is 17.3 Å². The van der Waals surface area contributed by atoms with Gasteiger partial charge in [-0.25, -0.2) is 0 Å². The Labute approximate surface area is 118 Å². The van der Waals surface area contributed by atoms with Gasteiger partial charge >= 0.3 is 5.97 Å². The second-order valence-electron chi connectivity index (χ2n) is 4.90. The summed E-state index contributed by atoms with van der Waals surface area (Å²) in [6, 6.07) is 4.11. The van der Waals surface area contributed by atoms with Crippen LogP contribution < -0.4 is 5.32 Å². The molecule has 2 rings (SSSR count). The van der Waals surface area contributed by atoms with Crippen molar-refractivity contribution in [1.29, 1.82) is 0 Å². The number of allylic oxidation sites excluding steroid dienone is 2. The van der Waals surface area contributed by atoms with E-state index in [4.69, 9.17) is 0 Å². The lowest BCUT2D eigenvalue weighted by Crippen LogP contribution is -2.22. The number of carbonyl (C=O) groups excluding carboxylic acids is 1. The van der Waals surface area contributed by atoms with E-state index in [9.17, 15) is 4.79 Å². The normalized spacial score (nSPS) is 18.5. The largest absolute Gasteiger partial charge is 0.469 e. The highest BCUT2D eigenvalue weighted by Gasteiger charge is 2.10. The highest BCUT2D eigenvalue weighted by Crippen LogP contribution is 2.19. The highest BCUT2D eigenvalue weighted by atomic mass is 32.1. The predicted molar refractivity (Wildman–Crippen MR) is 78.2 cm³/mol. The minimum Gasteiger partial charge on any atom is -0.469 e. The van der Waals surface area contributed by atoms with Crippen LogP contribution in [0.5, 0.6) is 0 Å². The Kier molecular flexibility index (Phi) is 5.61. The Morgan fingerprint density at radius 1 is 1.42 bits per heavy atom. The zero-order valence-corrected chi connectivity index (χ0v) is 12.2. The van der Waals surface area contributed by atoms with Gasteiger partial charge in [-0.3, -0.25) is 4.79 Å². The molecule has 104 valence electrons. The monoisotopic (exact) mass is 279 g/mol. The zero-order valence-electron chi connectivity index (χ0n) is 11.4. The molecule has 1 atom stereocenters. The molecular weight excluding hydrogens is 258 g/mol. The van der Waals surface area contributed by atoms with Crippen LogP contribution in [-0.4, -0.2) is 19.6 Å². The summed E-state index contributed by atoms with van der Waals surface area (Å²) in [5.41, 5.74) is 0. The number of nitrogens with one attached hydrogen (secondary N) is 1. The van der Waals surface area contributed by atoms with Gasteiger partial charge in [0.1, 0.15) is 0 Å². The number of ether oxygens (including phenoxy) is 1. The van der Waals surface area contributed by atoms with Crippen molar-refractivity contribution in [3.8, 4) is 0 Å². The zero-order chi connectivity index (χ0) is 13.5. The molecule has 3 nitrogen and oxygen atoms in total. The van der Waals surface area contributed by atoms with E-state index in [-0.39, 0.29) is 5.97 Å². The van der Waals surface area contributed by atoms with E-state index < -0.39 is 0 Å². The van der Waals surface area contributed by atoms with E-state index >= 15 is 0 Å². The fraction of sp³-hybridized carbons (Fsp3) is 0.533. The first kappa shape index (κ1) is 14.3. The fourth-order valence-corrected chi connectivity index (χ4v) is 3.24. The maximum atomic E-state index is 11.2. The van der Waals surface area contributed by atoms with Crippen LogP contribution in [0.4, 0.5) is 0 Å². The molecule has 0 aromatic carbocycles. The molecular formula is C15H21NO2S. The lowest BCUT2D eigenvalue weighted by atomic mass is 9.94. The third-order valence-electron chi connectivity index (χ3n) is 3.37. The average molecular weight is 279 g/mol. The Morgan fingerprint density at radius 3 is 3.00 bits per heavy atom. The van der Waals surface area contributed by atoms with Crippen LogP contribution in [0.25, 0.3) is 0 Å². The molecule has 0 amide bonds. The first-order chi connectivity index (χ1) is 9.28. The summed E-state index contributed by atoms with van der Waals surface area (Å²) >= 11 is 1.69. The summed E-state index contributed by atoms with van der Waals surface area (Å²) in [6.45, 7) is 1.97. The van der Waals surface area contributed by atoms with Crippen molar-refractivity contribution in [3.63, 3.8) is 0 Å². The van der Waals surface area contributed by atoms with Gasteiger partial charge in [0.05, 0.1) is 13.5 Å². The van der Waals surface area contributed by atoms with Crippen molar-refractivity contribution in [3.05, 3.63) is 34.0 Å². The van der Waals surface area contributed by atoms with Gasteiger partial charge in [-0.05, 0) is 43.9 Å². The van der Waals surface area contributed by atoms with Gasteiger partial charge in [0.15, 0.2) is 0 Å². The van der Waals surface area contributed by atoms with Gasteiger partial charge in [-0.2, -0.15) is 0 Å². The van der Waals surface area contributed by atoms with Crippen LogP contribution in [0.3, 0.4) is 0 Å². The highest BCUT2D eigenvalue weighted by molar-refractivity contribution is 7.12. The second kappa shape index (κ2) is 7.46. The Bertz CT molecular complexity index is 439. The predicted octanol–water partition coefficient (Wildman–Crippen LogP) is 2.91. The van der Waals surface area contributed by atoms with Crippen molar-refractivity contribution in [2.24, 2.45) is 5.92 Å². The van der Waals surface area contributed by atoms with E-state index in [1.54, 1.807) is 11.3 Å². The minimum absolute atomic E-state index is 0.171. The molecule has 1 N–H and O–H groups in total. The number of rotatable bonds is 6. The van der Waals surface area contributed by atoms with Crippen LogP contribution >= 0.6 is 11.3 Å². The SMILES string of the molecule is COC(=O)Cc1ccc(CNCC2CC=CCC2)s1. The van der Waals surface area contributed by atoms with Crippen LogP contribution in [-0.2, 0) is 22.5 Å². The number of methoxy groups -OCH3 is 1. The Balaban J connectivity index is 1.71. The summed E-state index contributed by atoms with van der Waals surface area (Å²) in [4.78, 5) is 13.5. The van der Waals surface area contributed by atoms with E-state index in [2.05, 4.69) is 28.3 Å². The summed E-state index contributed by atoms with van der Waals surface area (Å²) in [5, 5.41) is 3.51. The Hall–Kier alpha value is -1.13. The van der Waals surface area contributed by atoms with Gasteiger partial charge in [0, 0.05) is 16.3 Å². The Morgan fingerprint density at radius 2 is 2.26 bits per heavy atom. The smallest absolute Gasteiger partial charge is 0.310 e. The standard InChI is InChI=1S/C15H21NO2S/c1-18-15(17)9-13-7-8-14(19-13)11-16-10-12-5-3-2-4-6-12/h2-3,7-8,12,16H,4-6,9-11H2,1H3. The molecule has 19 heavy (non-hydrogen) atoms. The van der Waals surface area contributed by atoms with E-state index in [0.717, 1.165) is 23.9 Å². The van der Waals surface area contributed by atoms with Crippen LogP contribution in [0.2, 0.25) is 0 Å². The molecule has 1 heterocycles.